The molecule has 2 aromatic carbocycles. The highest BCUT2D eigenvalue weighted by Gasteiger charge is 2.13. The lowest BCUT2D eigenvalue weighted by Gasteiger charge is -2.25. The molecule has 0 saturated heterocycles. The summed E-state index contributed by atoms with van der Waals surface area (Å²) < 4.78 is 38.5. The third-order valence-electron chi connectivity index (χ3n) is 3.99. The van der Waals surface area contributed by atoms with Crippen LogP contribution in [0.2, 0.25) is 0 Å². The zero-order valence-corrected chi connectivity index (χ0v) is 15.3. The summed E-state index contributed by atoms with van der Waals surface area (Å²) in [6.45, 7) is 5.42. The number of benzene rings is 2. The van der Waals surface area contributed by atoms with E-state index in [0.29, 0.717) is 38.6 Å². The SMILES string of the molecule is CCCCOCCOCCN(Cc1ccccc1)c1ccc(F)cc1F. The van der Waals surface area contributed by atoms with E-state index in [2.05, 4.69) is 6.92 Å². The highest BCUT2D eigenvalue weighted by Crippen LogP contribution is 2.22. The zero-order valence-electron chi connectivity index (χ0n) is 15.3. The Balaban J connectivity index is 1.89. The number of nitrogens with zero attached hydrogens (tertiary/aromatic N) is 1. The first-order chi connectivity index (χ1) is 12.7. The van der Waals surface area contributed by atoms with Crippen molar-refractivity contribution in [2.75, 3.05) is 37.9 Å². The third kappa shape index (κ3) is 7.10. The topological polar surface area (TPSA) is 21.7 Å². The second kappa shape index (κ2) is 11.6. The van der Waals surface area contributed by atoms with Crippen molar-refractivity contribution in [3.05, 3.63) is 65.7 Å². The van der Waals surface area contributed by atoms with Crippen LogP contribution in [0, 0.1) is 11.6 Å². The van der Waals surface area contributed by atoms with E-state index in [1.807, 2.05) is 35.2 Å². The summed E-state index contributed by atoms with van der Waals surface area (Å²) in [7, 11) is 0. The van der Waals surface area contributed by atoms with Gasteiger partial charge in [0, 0.05) is 25.8 Å². The summed E-state index contributed by atoms with van der Waals surface area (Å²) in [5.41, 5.74) is 1.43. The molecule has 2 rings (SSSR count). The molecule has 0 saturated carbocycles. The fourth-order valence-corrected chi connectivity index (χ4v) is 2.57. The molecule has 142 valence electrons. The molecule has 2 aromatic rings. The van der Waals surface area contributed by atoms with Gasteiger partial charge >= 0.3 is 0 Å². The van der Waals surface area contributed by atoms with Crippen molar-refractivity contribution in [2.24, 2.45) is 0 Å². The number of unbranched alkanes of at least 4 members (excludes halogenated alkanes) is 1. The highest BCUT2D eigenvalue weighted by atomic mass is 19.1. The lowest BCUT2D eigenvalue weighted by Crippen LogP contribution is -2.28. The lowest BCUT2D eigenvalue weighted by molar-refractivity contribution is 0.0491. The average molecular weight is 363 g/mol. The lowest BCUT2D eigenvalue weighted by atomic mass is 10.2. The highest BCUT2D eigenvalue weighted by molar-refractivity contribution is 5.48. The Labute approximate surface area is 154 Å². The molecule has 0 radical (unpaired) electrons. The molecule has 0 N–H and O–H groups in total. The predicted molar refractivity (Wildman–Crippen MR) is 100 cm³/mol. The van der Waals surface area contributed by atoms with Gasteiger partial charge in [0.15, 0.2) is 0 Å². The van der Waals surface area contributed by atoms with Crippen molar-refractivity contribution < 1.29 is 18.3 Å². The van der Waals surface area contributed by atoms with E-state index >= 15 is 0 Å². The normalized spacial score (nSPS) is 10.9. The fraction of sp³-hybridized carbons (Fsp3) is 0.429. The Kier molecular flexibility index (Phi) is 9.07. The Morgan fingerprint density at radius 2 is 1.62 bits per heavy atom. The van der Waals surface area contributed by atoms with E-state index in [1.165, 1.54) is 12.1 Å². The molecule has 0 amide bonds. The van der Waals surface area contributed by atoms with E-state index < -0.39 is 11.6 Å². The van der Waals surface area contributed by atoms with Crippen molar-refractivity contribution >= 4 is 5.69 Å². The maximum absolute atomic E-state index is 14.2. The first kappa shape index (κ1) is 20.3. The summed E-state index contributed by atoms with van der Waals surface area (Å²) in [6.07, 6.45) is 2.16. The minimum Gasteiger partial charge on any atom is -0.379 e. The Bertz CT molecular complexity index is 637. The van der Waals surface area contributed by atoms with Crippen LogP contribution in [0.3, 0.4) is 0 Å². The number of halogens is 2. The van der Waals surface area contributed by atoms with Gasteiger partial charge in [-0.3, -0.25) is 0 Å². The van der Waals surface area contributed by atoms with Gasteiger partial charge in [-0.1, -0.05) is 43.7 Å². The van der Waals surface area contributed by atoms with Gasteiger partial charge in [-0.15, -0.1) is 0 Å². The van der Waals surface area contributed by atoms with Crippen molar-refractivity contribution in [3.63, 3.8) is 0 Å². The molecule has 0 aliphatic rings. The number of rotatable bonds is 12. The van der Waals surface area contributed by atoms with Crippen molar-refractivity contribution in [2.45, 2.75) is 26.3 Å². The van der Waals surface area contributed by atoms with Gasteiger partial charge in [-0.05, 0) is 24.1 Å². The Morgan fingerprint density at radius 3 is 2.31 bits per heavy atom. The fourth-order valence-electron chi connectivity index (χ4n) is 2.57. The van der Waals surface area contributed by atoms with Crippen molar-refractivity contribution in [1.29, 1.82) is 0 Å². The first-order valence-electron chi connectivity index (χ1n) is 9.10. The van der Waals surface area contributed by atoms with E-state index in [1.54, 1.807) is 0 Å². The van der Waals surface area contributed by atoms with Crippen LogP contribution in [0.25, 0.3) is 0 Å². The standard InChI is InChI=1S/C21H27F2NO2/c1-2-3-12-25-14-15-26-13-11-24(17-18-7-5-4-6-8-18)21-10-9-19(22)16-20(21)23/h4-10,16H,2-3,11-15,17H2,1H3. The van der Waals surface area contributed by atoms with Crippen LogP contribution >= 0.6 is 0 Å². The molecule has 0 bridgehead atoms. The van der Waals surface area contributed by atoms with Crippen LogP contribution in [0.4, 0.5) is 14.5 Å². The molecule has 0 aliphatic carbocycles. The molecule has 0 unspecified atom stereocenters. The largest absolute Gasteiger partial charge is 0.379 e. The van der Waals surface area contributed by atoms with Crippen LogP contribution < -0.4 is 4.90 Å². The van der Waals surface area contributed by atoms with Gasteiger partial charge in [0.25, 0.3) is 0 Å². The monoisotopic (exact) mass is 363 g/mol. The third-order valence-corrected chi connectivity index (χ3v) is 3.99. The second-order valence-corrected chi connectivity index (χ2v) is 6.08. The molecule has 26 heavy (non-hydrogen) atoms. The van der Waals surface area contributed by atoms with Crippen LogP contribution in [-0.4, -0.2) is 33.0 Å². The molecule has 0 aromatic heterocycles. The molecular weight excluding hydrogens is 336 g/mol. The van der Waals surface area contributed by atoms with Gasteiger partial charge in [0.2, 0.25) is 0 Å². The quantitative estimate of drug-likeness (QED) is 0.506. The minimum absolute atomic E-state index is 0.373. The summed E-state index contributed by atoms with van der Waals surface area (Å²) in [5.74, 6) is -1.14. The van der Waals surface area contributed by atoms with Crippen molar-refractivity contribution in [3.8, 4) is 0 Å². The summed E-state index contributed by atoms with van der Waals surface area (Å²) in [6, 6.07) is 13.5. The van der Waals surface area contributed by atoms with E-state index in [9.17, 15) is 8.78 Å². The second-order valence-electron chi connectivity index (χ2n) is 6.08. The van der Waals surface area contributed by atoms with E-state index in [-0.39, 0.29) is 0 Å². The summed E-state index contributed by atoms with van der Waals surface area (Å²) >= 11 is 0. The Hall–Kier alpha value is -1.98. The van der Waals surface area contributed by atoms with Crippen LogP contribution in [0.15, 0.2) is 48.5 Å². The van der Waals surface area contributed by atoms with Crippen LogP contribution in [-0.2, 0) is 16.0 Å². The molecule has 0 spiro atoms. The van der Waals surface area contributed by atoms with Crippen LogP contribution in [0.5, 0.6) is 0 Å². The molecular formula is C21H27F2NO2. The van der Waals surface area contributed by atoms with E-state index in [4.69, 9.17) is 9.47 Å². The Morgan fingerprint density at radius 1 is 0.885 bits per heavy atom. The van der Waals surface area contributed by atoms with Gasteiger partial charge in [-0.2, -0.15) is 0 Å². The average Bonchev–Trinajstić information content (AvgIpc) is 2.64. The van der Waals surface area contributed by atoms with E-state index in [0.717, 1.165) is 31.1 Å². The van der Waals surface area contributed by atoms with Gasteiger partial charge in [-0.25, -0.2) is 8.78 Å². The summed E-state index contributed by atoms with van der Waals surface area (Å²) in [4.78, 5) is 1.86. The van der Waals surface area contributed by atoms with Crippen molar-refractivity contribution in [1.82, 2.24) is 0 Å². The van der Waals surface area contributed by atoms with Gasteiger partial charge in [0.1, 0.15) is 11.6 Å². The maximum atomic E-state index is 14.2. The first-order valence-corrected chi connectivity index (χ1v) is 9.10. The number of hydrogen-bond donors (Lipinski definition) is 0. The predicted octanol–water partition coefficient (Wildman–Crippen LogP) is 4.80. The molecule has 0 fully saturated rings. The summed E-state index contributed by atoms with van der Waals surface area (Å²) in [5, 5.41) is 0. The smallest absolute Gasteiger partial charge is 0.149 e. The minimum atomic E-state index is -0.577. The number of anilines is 1. The molecule has 5 heteroatoms. The maximum Gasteiger partial charge on any atom is 0.149 e. The molecule has 0 atom stereocenters. The molecule has 0 heterocycles. The van der Waals surface area contributed by atoms with Gasteiger partial charge < -0.3 is 14.4 Å². The molecule has 0 aliphatic heterocycles. The van der Waals surface area contributed by atoms with Crippen LogP contribution in [0.1, 0.15) is 25.3 Å². The zero-order chi connectivity index (χ0) is 18.6. The number of ether oxygens (including phenoxy) is 2. The molecule has 3 nitrogen and oxygen atoms in total. The number of hydrogen-bond acceptors (Lipinski definition) is 3. The van der Waals surface area contributed by atoms with Gasteiger partial charge in [0.05, 0.1) is 25.5 Å².